The third-order valence-electron chi connectivity index (χ3n) is 3.40. The Balaban J connectivity index is 1.48. The number of thiophene rings is 1. The molecule has 3 rings (SSSR count). The van der Waals surface area contributed by atoms with E-state index in [1.807, 2.05) is 30.3 Å². The molecule has 0 unspecified atom stereocenters. The Labute approximate surface area is 169 Å². The lowest BCUT2D eigenvalue weighted by molar-refractivity contribution is -0.121. The highest BCUT2D eigenvalue weighted by molar-refractivity contribution is 7.80. The molecule has 0 aliphatic heterocycles. The van der Waals surface area contributed by atoms with Gasteiger partial charge < -0.3 is 4.74 Å². The average molecular weight is 420 g/mol. The maximum absolute atomic E-state index is 12.3. The normalized spacial score (nSPS) is 10.3. The molecule has 1 heterocycles. The van der Waals surface area contributed by atoms with E-state index in [-0.39, 0.29) is 11.7 Å². The fraction of sp³-hybridized carbons (Fsp3) is 0.0556. The number of benzene rings is 2. The summed E-state index contributed by atoms with van der Waals surface area (Å²) < 4.78 is 6.21. The molecule has 9 heteroatoms. The van der Waals surface area contributed by atoms with E-state index in [9.17, 15) is 9.59 Å². The van der Waals surface area contributed by atoms with Crippen LogP contribution in [-0.2, 0) is 4.79 Å². The van der Waals surface area contributed by atoms with E-state index in [4.69, 9.17) is 28.6 Å². The van der Waals surface area contributed by atoms with Crippen LogP contribution in [-0.4, -0.2) is 23.5 Å². The van der Waals surface area contributed by atoms with Gasteiger partial charge in [0.1, 0.15) is 10.6 Å². The first kappa shape index (κ1) is 19.1. The largest absolute Gasteiger partial charge is 0.484 e. The molecule has 0 saturated heterocycles. The van der Waals surface area contributed by atoms with Crippen molar-refractivity contribution in [2.75, 3.05) is 6.61 Å². The summed E-state index contributed by atoms with van der Waals surface area (Å²) in [6.45, 7) is -0.206. The molecule has 6 nitrogen and oxygen atoms in total. The quantitative estimate of drug-likeness (QED) is 0.447. The number of para-hydroxylation sites is 1. The third-order valence-corrected chi connectivity index (χ3v) is 5.28. The monoisotopic (exact) mass is 419 g/mol. The summed E-state index contributed by atoms with van der Waals surface area (Å²) in [6.07, 6.45) is 0. The summed E-state index contributed by atoms with van der Waals surface area (Å²) in [4.78, 5) is 24.5. The Morgan fingerprint density at radius 2 is 1.74 bits per heavy atom. The van der Waals surface area contributed by atoms with Crippen molar-refractivity contribution >= 4 is 62.2 Å². The fourth-order valence-corrected chi connectivity index (χ4v) is 3.77. The first-order chi connectivity index (χ1) is 13.0. The molecule has 138 valence electrons. The summed E-state index contributed by atoms with van der Waals surface area (Å²) in [6, 6.07) is 16.4. The highest BCUT2D eigenvalue weighted by Crippen LogP contribution is 2.34. The second kappa shape index (κ2) is 8.81. The molecule has 3 aromatic rings. The lowest BCUT2D eigenvalue weighted by Crippen LogP contribution is -2.49. The van der Waals surface area contributed by atoms with E-state index in [0.29, 0.717) is 15.6 Å². The number of fused-ring (bicyclic) bond motifs is 1. The molecule has 0 aliphatic carbocycles. The van der Waals surface area contributed by atoms with Crippen LogP contribution >= 0.6 is 35.2 Å². The van der Waals surface area contributed by atoms with Crippen LogP contribution in [0.25, 0.3) is 10.1 Å². The number of amides is 2. The molecular weight excluding hydrogens is 406 g/mol. The first-order valence-electron chi connectivity index (χ1n) is 7.79. The van der Waals surface area contributed by atoms with Crippen LogP contribution in [0.15, 0.2) is 54.6 Å². The molecule has 0 radical (unpaired) electrons. The van der Waals surface area contributed by atoms with Gasteiger partial charge in [0.25, 0.3) is 11.8 Å². The first-order valence-corrected chi connectivity index (χ1v) is 9.40. The minimum atomic E-state index is -0.453. The number of halogens is 1. The van der Waals surface area contributed by atoms with Crippen molar-refractivity contribution in [2.24, 2.45) is 0 Å². The number of thiocarbonyl (C=S) groups is 1. The zero-order chi connectivity index (χ0) is 19.2. The van der Waals surface area contributed by atoms with Gasteiger partial charge in [-0.3, -0.25) is 25.8 Å². The van der Waals surface area contributed by atoms with Crippen molar-refractivity contribution in [2.45, 2.75) is 0 Å². The number of ether oxygens (including phenoxy) is 1. The minimum absolute atomic E-state index is 0.0535. The van der Waals surface area contributed by atoms with Gasteiger partial charge in [-0.2, -0.15) is 0 Å². The van der Waals surface area contributed by atoms with Gasteiger partial charge in [-0.25, -0.2) is 0 Å². The smallest absolute Gasteiger partial charge is 0.281 e. The predicted molar refractivity (Wildman–Crippen MR) is 110 cm³/mol. The molecule has 27 heavy (non-hydrogen) atoms. The van der Waals surface area contributed by atoms with Gasteiger partial charge in [0.05, 0.1) is 5.02 Å². The Morgan fingerprint density at radius 3 is 2.48 bits per heavy atom. The minimum Gasteiger partial charge on any atom is -0.484 e. The van der Waals surface area contributed by atoms with Crippen molar-refractivity contribution in [1.82, 2.24) is 16.2 Å². The molecule has 2 amide bonds. The summed E-state index contributed by atoms with van der Waals surface area (Å²) in [5, 5.41) is 3.54. The predicted octanol–water partition coefficient (Wildman–Crippen LogP) is 3.27. The second-order valence-corrected chi connectivity index (χ2v) is 7.14. The van der Waals surface area contributed by atoms with Gasteiger partial charge >= 0.3 is 0 Å². The van der Waals surface area contributed by atoms with Gasteiger partial charge in [0.2, 0.25) is 0 Å². The van der Waals surface area contributed by atoms with Crippen molar-refractivity contribution in [3.05, 3.63) is 64.5 Å². The number of carbonyl (C=O) groups excluding carboxylic acids is 2. The highest BCUT2D eigenvalue weighted by Gasteiger charge is 2.17. The number of rotatable bonds is 4. The number of hydrazine groups is 1. The van der Waals surface area contributed by atoms with Gasteiger partial charge in [-0.15, -0.1) is 11.3 Å². The fourth-order valence-electron chi connectivity index (χ4n) is 2.19. The van der Waals surface area contributed by atoms with Crippen molar-refractivity contribution in [3.8, 4) is 5.75 Å². The lowest BCUT2D eigenvalue weighted by Gasteiger charge is -2.11. The van der Waals surface area contributed by atoms with Gasteiger partial charge in [-0.1, -0.05) is 48.0 Å². The maximum atomic E-state index is 12.3. The summed E-state index contributed by atoms with van der Waals surface area (Å²) in [5.41, 5.74) is 4.89. The maximum Gasteiger partial charge on any atom is 0.281 e. The van der Waals surface area contributed by atoms with E-state index in [0.717, 1.165) is 10.1 Å². The molecule has 2 aromatic carbocycles. The summed E-state index contributed by atoms with van der Waals surface area (Å²) in [5.74, 6) is -0.330. The second-order valence-electron chi connectivity index (χ2n) is 5.30. The van der Waals surface area contributed by atoms with E-state index in [2.05, 4.69) is 16.2 Å². The van der Waals surface area contributed by atoms with Crippen LogP contribution in [0.4, 0.5) is 0 Å². The van der Waals surface area contributed by atoms with Gasteiger partial charge in [-0.05, 0) is 30.4 Å². The standard InChI is InChI=1S/C18H14ClN3O3S2/c19-15-12-8-4-5-9-13(12)27-16(15)17(24)21-22-18(26)20-14(23)10-25-11-6-2-1-3-7-11/h1-9H,10H2,(H,21,24)(H2,20,22,23,26). The zero-order valence-electron chi connectivity index (χ0n) is 13.8. The van der Waals surface area contributed by atoms with Crippen LogP contribution in [0.5, 0.6) is 5.75 Å². The van der Waals surface area contributed by atoms with E-state index < -0.39 is 11.8 Å². The molecule has 1 aromatic heterocycles. The van der Waals surface area contributed by atoms with Crippen molar-refractivity contribution in [1.29, 1.82) is 0 Å². The van der Waals surface area contributed by atoms with E-state index in [1.54, 1.807) is 24.3 Å². The average Bonchev–Trinajstić information content (AvgIpc) is 3.02. The molecule has 0 atom stereocenters. The highest BCUT2D eigenvalue weighted by atomic mass is 35.5. The lowest BCUT2D eigenvalue weighted by atomic mass is 10.2. The van der Waals surface area contributed by atoms with Crippen LogP contribution in [0, 0.1) is 0 Å². The number of hydrogen-bond donors (Lipinski definition) is 3. The van der Waals surface area contributed by atoms with Crippen molar-refractivity contribution in [3.63, 3.8) is 0 Å². The Kier molecular flexibility index (Phi) is 6.23. The molecule has 0 spiro atoms. The van der Waals surface area contributed by atoms with Crippen LogP contribution in [0.2, 0.25) is 5.02 Å². The van der Waals surface area contributed by atoms with Gasteiger partial charge in [0, 0.05) is 10.1 Å². The van der Waals surface area contributed by atoms with Crippen molar-refractivity contribution < 1.29 is 14.3 Å². The number of hydrogen-bond acceptors (Lipinski definition) is 5. The number of carbonyl (C=O) groups is 2. The molecule has 3 N–H and O–H groups in total. The number of nitrogens with one attached hydrogen (secondary N) is 3. The molecule has 0 fully saturated rings. The van der Waals surface area contributed by atoms with E-state index >= 15 is 0 Å². The summed E-state index contributed by atoms with van der Waals surface area (Å²) >= 11 is 12.5. The Bertz CT molecular complexity index is 992. The topological polar surface area (TPSA) is 79.5 Å². The van der Waals surface area contributed by atoms with E-state index in [1.165, 1.54) is 11.3 Å². The summed E-state index contributed by atoms with van der Waals surface area (Å²) in [7, 11) is 0. The molecule has 0 aliphatic rings. The van der Waals surface area contributed by atoms with Crippen LogP contribution < -0.4 is 20.9 Å². The van der Waals surface area contributed by atoms with Gasteiger partial charge in [0.15, 0.2) is 11.7 Å². The Hall–Kier alpha value is -2.68. The SMILES string of the molecule is O=C(COc1ccccc1)NC(=S)NNC(=O)c1sc2ccccc2c1Cl. The van der Waals surface area contributed by atoms with Crippen LogP contribution in [0.3, 0.4) is 0 Å². The van der Waals surface area contributed by atoms with Crippen LogP contribution in [0.1, 0.15) is 9.67 Å². The third kappa shape index (κ3) is 4.94. The molecule has 0 bridgehead atoms. The Morgan fingerprint density at radius 1 is 1.04 bits per heavy atom. The molecular formula is C18H14ClN3O3S2. The molecule has 0 saturated carbocycles. The zero-order valence-corrected chi connectivity index (χ0v) is 16.2.